The van der Waals surface area contributed by atoms with Crippen molar-refractivity contribution in [3.8, 4) is 50.7 Å². The number of nitrogens with zero attached hydrogens (tertiary/aromatic N) is 4. The lowest BCUT2D eigenvalue weighted by atomic mass is 9.91. The molecule has 61 heavy (non-hydrogen) atoms. The van der Waals surface area contributed by atoms with Crippen LogP contribution in [0.1, 0.15) is 18.7 Å². The van der Waals surface area contributed by atoms with Gasteiger partial charge in [0.15, 0.2) is 17.5 Å². The Morgan fingerprint density at radius 1 is 0.377 bits per heavy atom. The lowest BCUT2D eigenvalue weighted by molar-refractivity contribution is 1.01. The van der Waals surface area contributed by atoms with Gasteiger partial charge >= 0.3 is 0 Å². The Morgan fingerprint density at radius 3 is 1.82 bits per heavy atom. The van der Waals surface area contributed by atoms with Crippen LogP contribution in [0.25, 0.3) is 110 Å². The van der Waals surface area contributed by atoms with E-state index in [0.29, 0.717) is 17.5 Å². The van der Waals surface area contributed by atoms with Crippen LogP contribution in [0.15, 0.2) is 206 Å². The molecule has 0 saturated heterocycles. The third-order valence-electron chi connectivity index (χ3n) is 12.2. The molecule has 0 N–H and O–H groups in total. The maximum absolute atomic E-state index is 5.39. The number of aromatic nitrogens is 4. The minimum atomic E-state index is 0.635. The summed E-state index contributed by atoms with van der Waals surface area (Å²) in [4.78, 5) is 15.9. The van der Waals surface area contributed by atoms with E-state index in [0.717, 1.165) is 73.8 Å². The van der Waals surface area contributed by atoms with Crippen molar-refractivity contribution in [3.05, 3.63) is 212 Å². The molecule has 1 aliphatic carbocycles. The lowest BCUT2D eigenvalue weighted by Gasteiger charge is -2.18. The molecule has 2 heterocycles. The van der Waals surface area contributed by atoms with Gasteiger partial charge in [-0.05, 0) is 92.4 Å². The van der Waals surface area contributed by atoms with E-state index in [2.05, 4.69) is 211 Å². The predicted molar refractivity (Wildman–Crippen MR) is 255 cm³/mol. The molecule has 11 aromatic rings. The summed E-state index contributed by atoms with van der Waals surface area (Å²) < 4.78 is 2.47. The van der Waals surface area contributed by atoms with Gasteiger partial charge in [0, 0.05) is 38.5 Å². The van der Waals surface area contributed by atoms with Gasteiger partial charge in [0.2, 0.25) is 0 Å². The quantitative estimate of drug-likeness (QED) is 0.169. The summed E-state index contributed by atoms with van der Waals surface area (Å²) in [5.41, 5.74) is 10.8. The molecule has 9 aromatic carbocycles. The summed E-state index contributed by atoms with van der Waals surface area (Å²) in [6.07, 6.45) is 8.57. The second kappa shape index (κ2) is 14.4. The third-order valence-corrected chi connectivity index (χ3v) is 12.2. The van der Waals surface area contributed by atoms with Crippen LogP contribution in [0, 0.1) is 0 Å². The Hall–Kier alpha value is -7.95. The highest BCUT2D eigenvalue weighted by Crippen LogP contribution is 2.43. The van der Waals surface area contributed by atoms with Crippen molar-refractivity contribution in [2.24, 2.45) is 0 Å². The molecule has 12 rings (SSSR count). The molecule has 0 bridgehead atoms. The van der Waals surface area contributed by atoms with Crippen molar-refractivity contribution < 1.29 is 0 Å². The Kier molecular flexibility index (Phi) is 8.27. The van der Waals surface area contributed by atoms with Gasteiger partial charge in [-0.1, -0.05) is 176 Å². The largest absolute Gasteiger partial charge is 0.309 e. The predicted octanol–water partition coefficient (Wildman–Crippen LogP) is 14.8. The average Bonchev–Trinajstić information content (AvgIpc) is 3.66. The molecule has 0 unspecified atom stereocenters. The fraction of sp³-hybridized carbons (Fsp3) is 0.0351. The summed E-state index contributed by atoms with van der Waals surface area (Å²) in [5, 5.41) is 9.57. The molecule has 286 valence electrons. The summed E-state index contributed by atoms with van der Waals surface area (Å²) >= 11 is 0. The van der Waals surface area contributed by atoms with Crippen LogP contribution in [-0.2, 0) is 0 Å². The van der Waals surface area contributed by atoms with Gasteiger partial charge in [0.1, 0.15) is 0 Å². The average molecular weight is 779 g/mol. The van der Waals surface area contributed by atoms with Crippen molar-refractivity contribution in [2.75, 3.05) is 0 Å². The molecule has 0 fully saturated rings. The zero-order chi connectivity index (χ0) is 40.3. The van der Waals surface area contributed by atoms with Crippen LogP contribution in [0.4, 0.5) is 0 Å². The Bertz CT molecular complexity index is 3590. The second-order valence-electron chi connectivity index (χ2n) is 15.8. The number of hydrogen-bond donors (Lipinski definition) is 0. The SMILES string of the molecule is C1=CC(c2nc(-c3ccc(-n4c5cc6ccccc6cc5c5ccc6ccccc6c54)cc3-c3ccccc3-c3ccccc3)nc(-c3cccc4ccccc34)n2)=CCC1. The topological polar surface area (TPSA) is 43.6 Å². The van der Waals surface area contributed by atoms with Crippen molar-refractivity contribution in [1.29, 1.82) is 0 Å². The van der Waals surface area contributed by atoms with Crippen molar-refractivity contribution in [1.82, 2.24) is 19.5 Å². The Morgan fingerprint density at radius 2 is 1.02 bits per heavy atom. The number of benzene rings is 9. The molecule has 0 amide bonds. The first kappa shape index (κ1) is 35.0. The first-order valence-electron chi connectivity index (χ1n) is 21.0. The van der Waals surface area contributed by atoms with Crippen molar-refractivity contribution in [3.63, 3.8) is 0 Å². The van der Waals surface area contributed by atoms with Gasteiger partial charge in [-0.3, -0.25) is 0 Å². The summed E-state index contributed by atoms with van der Waals surface area (Å²) in [7, 11) is 0. The van der Waals surface area contributed by atoms with E-state index in [9.17, 15) is 0 Å². The van der Waals surface area contributed by atoms with Crippen LogP contribution in [0.2, 0.25) is 0 Å². The monoisotopic (exact) mass is 778 g/mol. The van der Waals surface area contributed by atoms with Gasteiger partial charge in [-0.15, -0.1) is 0 Å². The van der Waals surface area contributed by atoms with Crippen LogP contribution in [0.3, 0.4) is 0 Å². The van der Waals surface area contributed by atoms with E-state index in [1.807, 2.05) is 0 Å². The van der Waals surface area contributed by atoms with E-state index in [-0.39, 0.29) is 0 Å². The van der Waals surface area contributed by atoms with Crippen LogP contribution in [-0.4, -0.2) is 19.5 Å². The molecule has 0 aliphatic heterocycles. The molecule has 0 radical (unpaired) electrons. The van der Waals surface area contributed by atoms with E-state index in [4.69, 9.17) is 15.0 Å². The maximum Gasteiger partial charge on any atom is 0.164 e. The van der Waals surface area contributed by atoms with E-state index < -0.39 is 0 Å². The third kappa shape index (κ3) is 5.95. The molecular formula is C57H38N4. The summed E-state index contributed by atoms with van der Waals surface area (Å²) in [5.74, 6) is 1.97. The van der Waals surface area contributed by atoms with E-state index in [1.165, 1.54) is 37.8 Å². The molecule has 0 atom stereocenters. The highest BCUT2D eigenvalue weighted by molar-refractivity contribution is 6.20. The van der Waals surface area contributed by atoms with E-state index >= 15 is 0 Å². The zero-order valence-electron chi connectivity index (χ0n) is 33.3. The van der Waals surface area contributed by atoms with Gasteiger partial charge in [0.25, 0.3) is 0 Å². The summed E-state index contributed by atoms with van der Waals surface area (Å²) in [6.45, 7) is 0. The van der Waals surface area contributed by atoms with Crippen molar-refractivity contribution in [2.45, 2.75) is 12.8 Å². The highest BCUT2D eigenvalue weighted by atomic mass is 15.0. The second-order valence-corrected chi connectivity index (χ2v) is 15.8. The number of allylic oxidation sites excluding steroid dienone is 4. The van der Waals surface area contributed by atoms with Crippen molar-refractivity contribution >= 4 is 59.7 Å². The van der Waals surface area contributed by atoms with Gasteiger partial charge < -0.3 is 4.57 Å². The number of rotatable bonds is 6. The normalized spacial score (nSPS) is 12.8. The molecule has 1 aliphatic rings. The first-order valence-corrected chi connectivity index (χ1v) is 21.0. The zero-order valence-corrected chi connectivity index (χ0v) is 33.3. The van der Waals surface area contributed by atoms with Crippen LogP contribution < -0.4 is 0 Å². The maximum atomic E-state index is 5.39. The standard InChI is InChI=1S/C57H38N4/c1-3-16-37(17-4-1)44-25-13-14-28-47(44)51-36-43(61-53-35-42-23-8-7-22-41(42)34-52(53)48-32-30-39-19-10-12-27-46(39)54(48)61)31-33-50(51)57-59-55(40-20-5-2-6-21-40)58-56(60-57)49-29-15-24-38-18-9-11-26-45(38)49/h1,3-5,7-36H,2,6H2. The van der Waals surface area contributed by atoms with Gasteiger partial charge in [-0.25, -0.2) is 15.0 Å². The molecule has 0 saturated carbocycles. The van der Waals surface area contributed by atoms with E-state index in [1.54, 1.807) is 0 Å². The first-order chi connectivity index (χ1) is 30.2. The molecular weight excluding hydrogens is 741 g/mol. The minimum Gasteiger partial charge on any atom is -0.309 e. The van der Waals surface area contributed by atoms with Crippen LogP contribution in [0.5, 0.6) is 0 Å². The minimum absolute atomic E-state index is 0.635. The summed E-state index contributed by atoms with van der Waals surface area (Å²) in [6, 6.07) is 67.7. The van der Waals surface area contributed by atoms with Crippen LogP contribution >= 0.6 is 0 Å². The molecule has 2 aromatic heterocycles. The van der Waals surface area contributed by atoms with Gasteiger partial charge in [-0.2, -0.15) is 0 Å². The molecule has 0 spiro atoms. The molecule has 4 nitrogen and oxygen atoms in total. The lowest BCUT2D eigenvalue weighted by Crippen LogP contribution is -2.05. The number of fused-ring (bicyclic) bond motifs is 7. The smallest absolute Gasteiger partial charge is 0.164 e. The fourth-order valence-electron chi connectivity index (χ4n) is 9.35. The Balaban J connectivity index is 1.18. The highest BCUT2D eigenvalue weighted by Gasteiger charge is 2.22. The van der Waals surface area contributed by atoms with Gasteiger partial charge in [0.05, 0.1) is 11.0 Å². The Labute approximate surface area is 353 Å². The number of hydrogen-bond acceptors (Lipinski definition) is 3. The fourth-order valence-corrected chi connectivity index (χ4v) is 9.35. The molecule has 4 heteroatoms.